The molecule has 1 amide bonds. The maximum absolute atomic E-state index is 11.8. The lowest BCUT2D eigenvalue weighted by atomic mass is 10.2. The number of halogens is 1. The fourth-order valence-electron chi connectivity index (χ4n) is 3.20. The van der Waals surface area contributed by atoms with E-state index in [9.17, 15) is 4.79 Å². The molecule has 1 fully saturated rings. The average molecular weight is 415 g/mol. The van der Waals surface area contributed by atoms with Crippen molar-refractivity contribution in [2.75, 3.05) is 24.5 Å². The van der Waals surface area contributed by atoms with Crippen LogP contribution in [0.2, 0.25) is 0 Å². The number of anilines is 1. The third-order valence-corrected chi connectivity index (χ3v) is 4.86. The summed E-state index contributed by atoms with van der Waals surface area (Å²) in [7, 11) is 1.98. The number of aromatic nitrogens is 4. The number of rotatable bonds is 4. The van der Waals surface area contributed by atoms with E-state index in [0.717, 1.165) is 45.9 Å². The van der Waals surface area contributed by atoms with Gasteiger partial charge in [-0.2, -0.15) is 0 Å². The summed E-state index contributed by atoms with van der Waals surface area (Å²) in [6, 6.07) is 7.95. The molecule has 8 heteroatoms. The van der Waals surface area contributed by atoms with Crippen molar-refractivity contribution in [2.24, 2.45) is 7.05 Å². The monoisotopic (exact) mass is 414 g/mol. The topological polar surface area (TPSA) is 75.9 Å². The van der Waals surface area contributed by atoms with Crippen LogP contribution in [0.5, 0.6) is 0 Å². The van der Waals surface area contributed by atoms with Gasteiger partial charge in [-0.15, -0.1) is 0 Å². The van der Waals surface area contributed by atoms with Gasteiger partial charge < -0.3 is 14.8 Å². The first-order valence-corrected chi connectivity index (χ1v) is 9.34. The second-order valence-corrected chi connectivity index (χ2v) is 7.16. The molecule has 1 N–H and O–H groups in total. The second kappa shape index (κ2) is 7.03. The van der Waals surface area contributed by atoms with E-state index >= 15 is 0 Å². The number of benzene rings is 1. The Morgan fingerprint density at radius 1 is 1.19 bits per heavy atom. The Kier molecular flexibility index (Phi) is 4.58. The van der Waals surface area contributed by atoms with Crippen LogP contribution in [0.4, 0.5) is 5.82 Å². The van der Waals surface area contributed by atoms with Crippen LogP contribution in [0.25, 0.3) is 10.9 Å². The lowest BCUT2D eigenvalue weighted by Gasteiger charge is -2.28. The molecule has 7 nitrogen and oxygen atoms in total. The van der Waals surface area contributed by atoms with E-state index in [1.54, 1.807) is 0 Å². The fraction of sp³-hybridized carbons (Fsp3) is 0.333. The number of piperazine rings is 1. The molecule has 0 radical (unpaired) electrons. The van der Waals surface area contributed by atoms with E-state index in [1.165, 1.54) is 0 Å². The van der Waals surface area contributed by atoms with E-state index in [0.29, 0.717) is 19.5 Å². The number of amides is 1. The quantitative estimate of drug-likeness (QED) is 0.704. The van der Waals surface area contributed by atoms with Crippen molar-refractivity contribution in [1.29, 1.82) is 0 Å². The maximum atomic E-state index is 11.8. The number of para-hydroxylation sites is 1. The first-order chi connectivity index (χ1) is 12.6. The molecule has 0 saturated carbocycles. The lowest BCUT2D eigenvalue weighted by molar-refractivity contribution is -0.120. The Bertz CT molecular complexity index is 969. The highest BCUT2D eigenvalue weighted by molar-refractivity contribution is 9.10. The molecule has 0 aliphatic carbocycles. The van der Waals surface area contributed by atoms with Crippen molar-refractivity contribution in [3.8, 4) is 0 Å². The minimum absolute atomic E-state index is 0.0263. The van der Waals surface area contributed by atoms with Gasteiger partial charge in [0.15, 0.2) is 0 Å². The standard InChI is InChI=1S/C18H19BrN6O/c1-24-10-14(19)22-16(24)7-6-15-21-13-5-3-2-4-12(13)18(23-15)25-9-8-20-17(26)11-25/h2-5,10H,6-9,11H2,1H3,(H,20,26). The predicted molar refractivity (Wildman–Crippen MR) is 103 cm³/mol. The Hall–Kier alpha value is -2.48. The van der Waals surface area contributed by atoms with Crippen LogP contribution in [-0.2, 0) is 24.7 Å². The molecule has 4 rings (SSSR count). The molecule has 2 aromatic heterocycles. The molecule has 1 aromatic carbocycles. The van der Waals surface area contributed by atoms with Crippen LogP contribution >= 0.6 is 15.9 Å². The van der Waals surface area contributed by atoms with Crippen LogP contribution in [-0.4, -0.2) is 45.1 Å². The molecular formula is C18H19BrN6O. The number of nitrogens with one attached hydrogen (secondary N) is 1. The van der Waals surface area contributed by atoms with E-state index in [4.69, 9.17) is 9.97 Å². The molecular weight excluding hydrogens is 396 g/mol. The van der Waals surface area contributed by atoms with Crippen LogP contribution in [0, 0.1) is 0 Å². The van der Waals surface area contributed by atoms with Gasteiger partial charge in [0.05, 0.1) is 12.1 Å². The molecule has 3 aromatic rings. The number of imidazole rings is 1. The summed E-state index contributed by atoms with van der Waals surface area (Å²) in [4.78, 5) is 27.8. The minimum Gasteiger partial charge on any atom is -0.353 e. The zero-order valence-electron chi connectivity index (χ0n) is 14.4. The SMILES string of the molecule is Cn1cc(Br)nc1CCc1nc(N2CCNC(=O)C2)c2ccccc2n1. The van der Waals surface area contributed by atoms with Gasteiger partial charge >= 0.3 is 0 Å². The Morgan fingerprint density at radius 3 is 2.81 bits per heavy atom. The van der Waals surface area contributed by atoms with Gasteiger partial charge in [0.25, 0.3) is 0 Å². The molecule has 0 atom stereocenters. The highest BCUT2D eigenvalue weighted by Gasteiger charge is 2.20. The highest BCUT2D eigenvalue weighted by atomic mass is 79.9. The summed E-state index contributed by atoms with van der Waals surface area (Å²) >= 11 is 3.40. The van der Waals surface area contributed by atoms with Gasteiger partial charge in [0.2, 0.25) is 5.91 Å². The summed E-state index contributed by atoms with van der Waals surface area (Å²) < 4.78 is 2.83. The summed E-state index contributed by atoms with van der Waals surface area (Å²) in [6.07, 6.45) is 3.38. The number of hydrogen-bond acceptors (Lipinski definition) is 5. The van der Waals surface area contributed by atoms with Gasteiger partial charge in [-0.1, -0.05) is 12.1 Å². The van der Waals surface area contributed by atoms with E-state index in [2.05, 4.69) is 26.2 Å². The molecule has 1 aliphatic rings. The van der Waals surface area contributed by atoms with Crippen LogP contribution in [0.3, 0.4) is 0 Å². The van der Waals surface area contributed by atoms with Gasteiger partial charge in [-0.05, 0) is 28.1 Å². The molecule has 3 heterocycles. The second-order valence-electron chi connectivity index (χ2n) is 6.34. The average Bonchev–Trinajstić information content (AvgIpc) is 2.96. The van der Waals surface area contributed by atoms with Crippen molar-refractivity contribution in [3.05, 3.63) is 46.7 Å². The number of fused-ring (bicyclic) bond motifs is 1. The predicted octanol–water partition coefficient (Wildman–Crippen LogP) is 1.85. The number of hydrogen-bond donors (Lipinski definition) is 1. The van der Waals surface area contributed by atoms with Crippen LogP contribution < -0.4 is 10.2 Å². The Balaban J connectivity index is 1.67. The van der Waals surface area contributed by atoms with E-state index in [-0.39, 0.29) is 5.91 Å². The van der Waals surface area contributed by atoms with Crippen molar-refractivity contribution in [2.45, 2.75) is 12.8 Å². The lowest BCUT2D eigenvalue weighted by Crippen LogP contribution is -2.48. The maximum Gasteiger partial charge on any atom is 0.239 e. The normalized spacial score (nSPS) is 14.7. The van der Waals surface area contributed by atoms with Crippen molar-refractivity contribution >= 4 is 38.6 Å². The van der Waals surface area contributed by atoms with Crippen LogP contribution in [0.1, 0.15) is 11.6 Å². The summed E-state index contributed by atoms with van der Waals surface area (Å²) in [6.45, 7) is 1.71. The van der Waals surface area contributed by atoms with Crippen molar-refractivity contribution < 1.29 is 4.79 Å². The van der Waals surface area contributed by atoms with E-state index in [1.807, 2.05) is 47.0 Å². The minimum atomic E-state index is 0.0263. The molecule has 1 saturated heterocycles. The summed E-state index contributed by atoms with van der Waals surface area (Å²) in [5.74, 6) is 2.61. The van der Waals surface area contributed by atoms with Crippen LogP contribution in [0.15, 0.2) is 35.1 Å². The first kappa shape index (κ1) is 17.0. The Labute approximate surface area is 159 Å². The van der Waals surface area contributed by atoms with Gasteiger partial charge in [-0.25, -0.2) is 15.0 Å². The van der Waals surface area contributed by atoms with Crippen molar-refractivity contribution in [3.63, 3.8) is 0 Å². The summed E-state index contributed by atoms with van der Waals surface area (Å²) in [5, 5.41) is 3.84. The number of aryl methyl sites for hydroxylation is 3. The smallest absolute Gasteiger partial charge is 0.239 e. The zero-order chi connectivity index (χ0) is 18.1. The van der Waals surface area contributed by atoms with Gasteiger partial charge in [-0.3, -0.25) is 4.79 Å². The number of nitrogens with zero attached hydrogens (tertiary/aromatic N) is 5. The number of carbonyl (C=O) groups is 1. The molecule has 134 valence electrons. The Morgan fingerprint density at radius 2 is 2.04 bits per heavy atom. The third-order valence-electron chi connectivity index (χ3n) is 4.48. The molecule has 1 aliphatic heterocycles. The number of carbonyl (C=O) groups excluding carboxylic acids is 1. The van der Waals surface area contributed by atoms with E-state index < -0.39 is 0 Å². The summed E-state index contributed by atoms with van der Waals surface area (Å²) in [5.41, 5.74) is 0.902. The van der Waals surface area contributed by atoms with Gasteiger partial charge in [0, 0.05) is 44.6 Å². The molecule has 26 heavy (non-hydrogen) atoms. The third kappa shape index (κ3) is 3.41. The molecule has 0 spiro atoms. The zero-order valence-corrected chi connectivity index (χ0v) is 16.0. The molecule has 0 unspecified atom stereocenters. The first-order valence-electron chi connectivity index (χ1n) is 8.55. The fourth-order valence-corrected chi connectivity index (χ4v) is 3.71. The van der Waals surface area contributed by atoms with Crippen molar-refractivity contribution in [1.82, 2.24) is 24.8 Å². The van der Waals surface area contributed by atoms with Gasteiger partial charge in [0.1, 0.15) is 22.1 Å². The molecule has 0 bridgehead atoms. The highest BCUT2D eigenvalue weighted by Crippen LogP contribution is 2.24. The largest absolute Gasteiger partial charge is 0.353 e.